The molecule has 248 valence electrons. The summed E-state index contributed by atoms with van der Waals surface area (Å²) in [6.45, 7) is -0.732. The van der Waals surface area contributed by atoms with Gasteiger partial charge in [0.15, 0.2) is 5.96 Å². The van der Waals surface area contributed by atoms with Crippen LogP contribution in [-0.2, 0) is 29.2 Å². The molecule has 2 aromatic rings. The van der Waals surface area contributed by atoms with Crippen LogP contribution in [0.15, 0.2) is 53.4 Å². The summed E-state index contributed by atoms with van der Waals surface area (Å²) >= 11 is 0. The lowest BCUT2D eigenvalue weighted by molar-refractivity contribution is -0.142. The molecule has 18 heteroatoms. The molecule has 1 saturated heterocycles. The average molecular weight is 660 g/mol. The Labute approximate surface area is 265 Å². The molecule has 0 aliphatic carbocycles. The van der Waals surface area contributed by atoms with Gasteiger partial charge in [-0.3, -0.25) is 24.6 Å². The highest BCUT2D eigenvalue weighted by Gasteiger charge is 2.40. The topological polar surface area (TPSA) is 279 Å². The number of aliphatic carboxylic acids is 1. The molecule has 1 aliphatic heterocycles. The Morgan fingerprint density at radius 2 is 1.67 bits per heavy atom. The zero-order chi connectivity index (χ0) is 33.9. The zero-order valence-electron chi connectivity index (χ0n) is 24.7. The molecular formula is C28H37N9O8S. The highest BCUT2D eigenvalue weighted by Crippen LogP contribution is 2.26. The number of hydrogen-bond donors (Lipinski definition) is 9. The number of rotatable bonds is 15. The van der Waals surface area contributed by atoms with E-state index in [0.717, 1.165) is 4.31 Å². The number of amides is 4. The van der Waals surface area contributed by atoms with Gasteiger partial charge < -0.3 is 43.2 Å². The molecule has 0 unspecified atom stereocenters. The van der Waals surface area contributed by atoms with E-state index in [9.17, 15) is 37.5 Å². The molecule has 0 bridgehead atoms. The van der Waals surface area contributed by atoms with Crippen LogP contribution >= 0.6 is 0 Å². The minimum Gasteiger partial charge on any atom is -0.480 e. The van der Waals surface area contributed by atoms with E-state index in [-0.39, 0.29) is 47.1 Å². The van der Waals surface area contributed by atoms with Crippen LogP contribution in [-0.4, -0.2) is 91.6 Å². The number of hydrogen-bond acceptors (Lipinski definition) is 9. The van der Waals surface area contributed by atoms with Crippen molar-refractivity contribution in [2.24, 2.45) is 11.5 Å². The van der Waals surface area contributed by atoms with Crippen LogP contribution in [0, 0.1) is 5.41 Å². The molecule has 0 spiro atoms. The van der Waals surface area contributed by atoms with E-state index in [4.69, 9.17) is 16.9 Å². The summed E-state index contributed by atoms with van der Waals surface area (Å²) in [5.74, 6) is -4.58. The number of nitrogens with two attached hydrogens (primary N) is 2. The maximum absolute atomic E-state index is 13.1. The van der Waals surface area contributed by atoms with Gasteiger partial charge in [0, 0.05) is 36.4 Å². The minimum absolute atomic E-state index is 0.00382. The molecule has 0 saturated carbocycles. The third kappa shape index (κ3) is 9.98. The second-order valence-electron chi connectivity index (χ2n) is 10.3. The molecule has 1 heterocycles. The Hall–Kier alpha value is -5.07. The van der Waals surface area contributed by atoms with E-state index in [2.05, 4.69) is 26.6 Å². The molecule has 1 fully saturated rings. The number of carbonyl (C=O) groups excluding carboxylic acids is 4. The van der Waals surface area contributed by atoms with Crippen molar-refractivity contribution in [3.8, 4) is 0 Å². The first-order chi connectivity index (χ1) is 21.8. The van der Waals surface area contributed by atoms with Crippen molar-refractivity contribution >= 4 is 57.0 Å². The first-order valence-electron chi connectivity index (χ1n) is 14.2. The number of sulfonamides is 1. The fourth-order valence-electron chi connectivity index (χ4n) is 4.57. The number of anilines is 2. The van der Waals surface area contributed by atoms with Gasteiger partial charge >= 0.3 is 5.97 Å². The van der Waals surface area contributed by atoms with Gasteiger partial charge in [0.1, 0.15) is 12.1 Å². The van der Waals surface area contributed by atoms with Crippen LogP contribution in [0.4, 0.5) is 11.4 Å². The van der Waals surface area contributed by atoms with Gasteiger partial charge in [0.05, 0.1) is 11.4 Å². The Morgan fingerprint density at radius 1 is 1.00 bits per heavy atom. The highest BCUT2D eigenvalue weighted by molar-refractivity contribution is 7.89. The van der Waals surface area contributed by atoms with Crippen molar-refractivity contribution in [2.75, 3.05) is 36.8 Å². The normalized spacial score (nSPS) is 15.3. The number of nitrogens with one attached hydrogen (secondary N) is 6. The summed E-state index contributed by atoms with van der Waals surface area (Å²) in [5.41, 5.74) is 11.3. The third-order valence-electron chi connectivity index (χ3n) is 6.75. The Kier molecular flexibility index (Phi) is 12.5. The summed E-state index contributed by atoms with van der Waals surface area (Å²) in [6, 6.07) is 8.97. The van der Waals surface area contributed by atoms with Gasteiger partial charge in [-0.25, -0.2) is 13.2 Å². The van der Waals surface area contributed by atoms with Crippen molar-refractivity contribution in [1.82, 2.24) is 20.3 Å². The number of benzene rings is 2. The molecule has 46 heavy (non-hydrogen) atoms. The number of guanidine groups is 1. The maximum Gasteiger partial charge on any atom is 0.328 e. The van der Waals surface area contributed by atoms with Gasteiger partial charge in [0.25, 0.3) is 5.91 Å². The van der Waals surface area contributed by atoms with Crippen LogP contribution in [0.2, 0.25) is 0 Å². The fraction of sp³-hybridized carbons (Fsp3) is 0.357. The average Bonchev–Trinajstić information content (AvgIpc) is 3.52. The molecule has 4 amide bonds. The summed E-state index contributed by atoms with van der Waals surface area (Å²) in [4.78, 5) is 62.3. The van der Waals surface area contributed by atoms with E-state index < -0.39 is 64.8 Å². The molecule has 11 N–H and O–H groups in total. The van der Waals surface area contributed by atoms with Crippen LogP contribution in [0.1, 0.15) is 36.0 Å². The lowest BCUT2D eigenvalue weighted by atomic mass is 10.1. The SMILES string of the molecule is N=C(N)Nc1cc(NC(=O)CCCN)cc(C(=O)NCC(=O)NC[C@@H](NC(=O)[C@@H]2CCCN2S(=O)(=O)c2ccccc2)C(=O)O)c1. The highest BCUT2D eigenvalue weighted by atomic mass is 32.2. The van der Waals surface area contributed by atoms with E-state index in [1.165, 1.54) is 30.3 Å². The van der Waals surface area contributed by atoms with Gasteiger partial charge in [-0.15, -0.1) is 0 Å². The predicted octanol–water partition coefficient (Wildman–Crippen LogP) is -1.06. The molecule has 0 radical (unpaired) electrons. The molecule has 2 atom stereocenters. The fourth-order valence-corrected chi connectivity index (χ4v) is 6.25. The second-order valence-corrected chi connectivity index (χ2v) is 12.1. The van der Waals surface area contributed by atoms with Crippen molar-refractivity contribution in [1.29, 1.82) is 5.41 Å². The number of nitrogens with zero attached hydrogens (tertiary/aromatic N) is 1. The standard InChI is InChI=1S/C28H37N9O8S/c29-10-4-9-23(38)34-18-12-17(13-19(14-18)35-28(30)31)25(40)33-16-24(39)32-15-21(27(42)43)36-26(41)22-8-5-11-37(22)46(44,45)20-6-2-1-3-7-20/h1-3,6-7,12-14,21-22H,4-5,8-11,15-16,29H2,(H,32,39)(H,33,40)(H,34,38)(H,36,41)(H,42,43)(H4,30,31,35)/t21-,22+/m1/s1. The Bertz CT molecular complexity index is 1570. The first kappa shape index (κ1) is 35.4. The number of carboxylic acid groups (broad SMARTS) is 1. The lowest BCUT2D eigenvalue weighted by Crippen LogP contribution is -2.54. The van der Waals surface area contributed by atoms with Crippen LogP contribution < -0.4 is 38.1 Å². The van der Waals surface area contributed by atoms with Crippen LogP contribution in [0.25, 0.3) is 0 Å². The number of carboxylic acids is 1. The monoisotopic (exact) mass is 659 g/mol. The third-order valence-corrected chi connectivity index (χ3v) is 8.67. The Balaban J connectivity index is 1.58. The minimum atomic E-state index is -4.01. The molecule has 2 aromatic carbocycles. The van der Waals surface area contributed by atoms with Crippen LogP contribution in [0.3, 0.4) is 0 Å². The first-order valence-corrected chi connectivity index (χ1v) is 15.7. The van der Waals surface area contributed by atoms with Gasteiger partial charge in [-0.05, 0) is 56.1 Å². The number of carbonyl (C=O) groups is 5. The molecule has 17 nitrogen and oxygen atoms in total. The quantitative estimate of drug-likeness (QED) is 0.0820. The lowest BCUT2D eigenvalue weighted by Gasteiger charge is -2.25. The summed E-state index contributed by atoms with van der Waals surface area (Å²) in [5, 5.41) is 29.2. The Morgan fingerprint density at radius 3 is 2.30 bits per heavy atom. The van der Waals surface area contributed by atoms with E-state index >= 15 is 0 Å². The van der Waals surface area contributed by atoms with E-state index in [1.807, 2.05) is 0 Å². The summed E-state index contributed by atoms with van der Waals surface area (Å²) in [7, 11) is -4.01. The van der Waals surface area contributed by atoms with E-state index in [1.54, 1.807) is 18.2 Å². The van der Waals surface area contributed by atoms with Gasteiger partial charge in [-0.1, -0.05) is 18.2 Å². The largest absolute Gasteiger partial charge is 0.480 e. The predicted molar refractivity (Wildman–Crippen MR) is 167 cm³/mol. The van der Waals surface area contributed by atoms with Gasteiger partial charge in [-0.2, -0.15) is 4.31 Å². The van der Waals surface area contributed by atoms with Crippen LogP contribution in [0.5, 0.6) is 0 Å². The van der Waals surface area contributed by atoms with Crippen molar-refractivity contribution in [3.05, 3.63) is 54.1 Å². The second kappa shape index (κ2) is 16.3. The molecular weight excluding hydrogens is 622 g/mol. The van der Waals surface area contributed by atoms with Gasteiger partial charge in [0.2, 0.25) is 27.7 Å². The van der Waals surface area contributed by atoms with Crippen molar-refractivity contribution < 1.29 is 37.5 Å². The summed E-state index contributed by atoms with van der Waals surface area (Å²) < 4.78 is 27.2. The maximum atomic E-state index is 13.1. The molecule has 0 aromatic heterocycles. The zero-order valence-corrected chi connectivity index (χ0v) is 25.6. The van der Waals surface area contributed by atoms with Crippen molar-refractivity contribution in [2.45, 2.75) is 42.7 Å². The van der Waals surface area contributed by atoms with Crippen molar-refractivity contribution in [3.63, 3.8) is 0 Å². The van der Waals surface area contributed by atoms with E-state index in [0.29, 0.717) is 19.4 Å². The molecule has 3 rings (SSSR count). The summed E-state index contributed by atoms with van der Waals surface area (Å²) in [6.07, 6.45) is 1.17. The molecule has 1 aliphatic rings. The smallest absolute Gasteiger partial charge is 0.328 e.